The monoisotopic (exact) mass is 247 g/mol. The van der Waals surface area contributed by atoms with E-state index in [1.54, 1.807) is 0 Å². The van der Waals surface area contributed by atoms with E-state index < -0.39 is 0 Å². The lowest BCUT2D eigenvalue weighted by Gasteiger charge is -2.22. The van der Waals surface area contributed by atoms with Crippen molar-refractivity contribution in [2.24, 2.45) is 0 Å². The summed E-state index contributed by atoms with van der Waals surface area (Å²) in [4.78, 5) is 14.3. The van der Waals surface area contributed by atoms with Crippen molar-refractivity contribution in [2.75, 3.05) is 26.2 Å². The van der Waals surface area contributed by atoms with E-state index in [9.17, 15) is 4.79 Å². The molecule has 1 aliphatic heterocycles. The van der Waals surface area contributed by atoms with Gasteiger partial charge in [-0.3, -0.25) is 9.69 Å². The molecule has 1 saturated heterocycles. The lowest BCUT2D eigenvalue weighted by atomic mass is 10.1. The predicted molar refractivity (Wildman–Crippen MR) is 71.9 cm³/mol. The van der Waals surface area contributed by atoms with Crippen molar-refractivity contribution in [1.29, 1.82) is 0 Å². The van der Waals surface area contributed by atoms with Gasteiger partial charge in [-0.05, 0) is 19.4 Å². The van der Waals surface area contributed by atoms with Crippen LogP contribution in [0, 0.1) is 0 Å². The minimum Gasteiger partial charge on any atom is -0.377 e. The highest BCUT2D eigenvalue weighted by atomic mass is 16.5. The van der Waals surface area contributed by atoms with E-state index in [1.807, 2.05) is 30.3 Å². The lowest BCUT2D eigenvalue weighted by molar-refractivity contribution is 0.0686. The van der Waals surface area contributed by atoms with E-state index in [-0.39, 0.29) is 5.78 Å². The minimum atomic E-state index is 0.190. The summed E-state index contributed by atoms with van der Waals surface area (Å²) in [7, 11) is 0. The quantitative estimate of drug-likeness (QED) is 0.723. The molecule has 0 saturated carbocycles. The van der Waals surface area contributed by atoms with Gasteiger partial charge in [0.25, 0.3) is 0 Å². The van der Waals surface area contributed by atoms with Crippen LogP contribution >= 0.6 is 0 Å². The molecular weight excluding hydrogens is 226 g/mol. The predicted octanol–water partition coefficient (Wildman–Crippen LogP) is 2.37. The molecular formula is C15H21NO2. The molecule has 1 atom stereocenters. The Morgan fingerprint density at radius 2 is 2.17 bits per heavy atom. The fraction of sp³-hybridized carbons (Fsp3) is 0.533. The van der Waals surface area contributed by atoms with Crippen molar-refractivity contribution in [3.05, 3.63) is 35.9 Å². The van der Waals surface area contributed by atoms with Crippen LogP contribution in [-0.2, 0) is 4.74 Å². The van der Waals surface area contributed by atoms with E-state index in [2.05, 4.69) is 11.8 Å². The third-order valence-electron chi connectivity index (χ3n) is 3.40. The second-order valence-electron chi connectivity index (χ2n) is 4.75. The van der Waals surface area contributed by atoms with Crippen molar-refractivity contribution >= 4 is 5.78 Å². The normalized spacial score (nSPS) is 19.3. The largest absolute Gasteiger partial charge is 0.377 e. The van der Waals surface area contributed by atoms with Gasteiger partial charge < -0.3 is 4.74 Å². The third kappa shape index (κ3) is 3.65. The zero-order valence-electron chi connectivity index (χ0n) is 11.0. The summed E-state index contributed by atoms with van der Waals surface area (Å²) in [6, 6.07) is 9.50. The highest BCUT2D eigenvalue weighted by molar-refractivity contribution is 5.97. The number of ether oxygens (including phenoxy) is 1. The molecule has 1 unspecified atom stereocenters. The van der Waals surface area contributed by atoms with Gasteiger partial charge >= 0.3 is 0 Å². The molecule has 1 heterocycles. The molecule has 0 bridgehead atoms. The van der Waals surface area contributed by atoms with Crippen LogP contribution in [0.4, 0.5) is 0 Å². The molecule has 0 aliphatic carbocycles. The second kappa shape index (κ2) is 6.66. The number of hydrogen-bond acceptors (Lipinski definition) is 3. The Bertz CT molecular complexity index is 371. The first-order chi connectivity index (χ1) is 8.79. The SMILES string of the molecule is CCN(CC(=O)c1ccccc1)CC1CCCO1. The van der Waals surface area contributed by atoms with Crippen molar-refractivity contribution in [2.45, 2.75) is 25.9 Å². The van der Waals surface area contributed by atoms with Crippen molar-refractivity contribution < 1.29 is 9.53 Å². The molecule has 3 nitrogen and oxygen atoms in total. The van der Waals surface area contributed by atoms with Gasteiger partial charge in [0.05, 0.1) is 12.6 Å². The molecule has 98 valence electrons. The lowest BCUT2D eigenvalue weighted by Crippen LogP contribution is -2.36. The number of rotatable bonds is 6. The molecule has 1 aliphatic rings. The number of benzene rings is 1. The number of nitrogens with zero attached hydrogens (tertiary/aromatic N) is 1. The number of ketones is 1. The Hall–Kier alpha value is -1.19. The first-order valence-electron chi connectivity index (χ1n) is 6.72. The average molecular weight is 247 g/mol. The van der Waals surface area contributed by atoms with Crippen molar-refractivity contribution in [3.63, 3.8) is 0 Å². The molecule has 1 aromatic carbocycles. The number of carbonyl (C=O) groups is 1. The third-order valence-corrected chi connectivity index (χ3v) is 3.40. The number of Topliss-reactive ketones (excluding diaryl/α,β-unsaturated/α-hetero) is 1. The van der Waals surface area contributed by atoms with Gasteiger partial charge in [-0.1, -0.05) is 37.3 Å². The van der Waals surface area contributed by atoms with E-state index in [1.165, 1.54) is 0 Å². The second-order valence-corrected chi connectivity index (χ2v) is 4.75. The fourth-order valence-corrected chi connectivity index (χ4v) is 2.30. The van der Waals surface area contributed by atoms with Crippen molar-refractivity contribution in [3.8, 4) is 0 Å². The number of hydrogen-bond donors (Lipinski definition) is 0. The highest BCUT2D eigenvalue weighted by Crippen LogP contribution is 2.13. The Labute approximate surface area is 109 Å². The van der Waals surface area contributed by atoms with E-state index in [0.29, 0.717) is 12.6 Å². The van der Waals surface area contributed by atoms with Gasteiger partial charge in [-0.2, -0.15) is 0 Å². The van der Waals surface area contributed by atoms with Crippen LogP contribution in [0.2, 0.25) is 0 Å². The standard InChI is InChI=1S/C15H21NO2/c1-2-16(11-14-9-6-10-18-14)12-15(17)13-7-4-3-5-8-13/h3-5,7-8,14H,2,6,9-12H2,1H3. The Kier molecular flexibility index (Phi) is 4.90. The summed E-state index contributed by atoms with van der Waals surface area (Å²) >= 11 is 0. The van der Waals surface area contributed by atoms with Gasteiger partial charge in [0.15, 0.2) is 5.78 Å². The van der Waals surface area contributed by atoms with E-state index in [0.717, 1.165) is 38.1 Å². The number of likely N-dealkylation sites (N-methyl/N-ethyl adjacent to an activating group) is 1. The van der Waals surface area contributed by atoms with E-state index >= 15 is 0 Å². The van der Waals surface area contributed by atoms with Crippen LogP contribution in [0.25, 0.3) is 0 Å². The van der Waals surface area contributed by atoms with Crippen LogP contribution in [0.1, 0.15) is 30.1 Å². The maximum absolute atomic E-state index is 12.1. The van der Waals surface area contributed by atoms with Gasteiger partial charge in [0.1, 0.15) is 0 Å². The molecule has 1 fully saturated rings. The van der Waals surface area contributed by atoms with Crippen LogP contribution in [0.15, 0.2) is 30.3 Å². The molecule has 0 aromatic heterocycles. The summed E-state index contributed by atoms with van der Waals surface area (Å²) < 4.78 is 5.62. The summed E-state index contributed by atoms with van der Waals surface area (Å²) in [6.45, 7) is 5.20. The minimum absolute atomic E-state index is 0.190. The summed E-state index contributed by atoms with van der Waals surface area (Å²) in [6.07, 6.45) is 2.58. The first-order valence-corrected chi connectivity index (χ1v) is 6.72. The van der Waals surface area contributed by atoms with Gasteiger partial charge in [-0.25, -0.2) is 0 Å². The van der Waals surface area contributed by atoms with Crippen LogP contribution in [0.3, 0.4) is 0 Å². The molecule has 0 spiro atoms. The summed E-state index contributed by atoms with van der Waals surface area (Å²) in [5.41, 5.74) is 0.795. The smallest absolute Gasteiger partial charge is 0.176 e. The van der Waals surface area contributed by atoms with Crippen molar-refractivity contribution in [1.82, 2.24) is 4.90 Å². The van der Waals surface area contributed by atoms with Crippen LogP contribution in [-0.4, -0.2) is 43.0 Å². The molecule has 18 heavy (non-hydrogen) atoms. The molecule has 2 rings (SSSR count). The maximum atomic E-state index is 12.1. The highest BCUT2D eigenvalue weighted by Gasteiger charge is 2.20. The summed E-state index contributed by atoms with van der Waals surface area (Å²) in [5, 5.41) is 0. The molecule has 0 radical (unpaired) electrons. The zero-order chi connectivity index (χ0) is 12.8. The average Bonchev–Trinajstić information content (AvgIpc) is 2.91. The molecule has 1 aromatic rings. The van der Waals surface area contributed by atoms with Crippen LogP contribution in [0.5, 0.6) is 0 Å². The van der Waals surface area contributed by atoms with Crippen LogP contribution < -0.4 is 0 Å². The Morgan fingerprint density at radius 3 is 2.78 bits per heavy atom. The van der Waals surface area contributed by atoms with E-state index in [4.69, 9.17) is 4.74 Å². The Balaban J connectivity index is 1.87. The topological polar surface area (TPSA) is 29.5 Å². The fourth-order valence-electron chi connectivity index (χ4n) is 2.30. The zero-order valence-corrected chi connectivity index (χ0v) is 11.0. The first kappa shape index (κ1) is 13.2. The number of carbonyl (C=O) groups excluding carboxylic acids is 1. The maximum Gasteiger partial charge on any atom is 0.176 e. The molecule has 3 heteroatoms. The van der Waals surface area contributed by atoms with Gasteiger partial charge in [0.2, 0.25) is 0 Å². The molecule has 0 N–H and O–H groups in total. The summed E-state index contributed by atoms with van der Waals surface area (Å²) in [5.74, 6) is 0.190. The molecule has 0 amide bonds. The van der Waals surface area contributed by atoms with Gasteiger partial charge in [0, 0.05) is 18.7 Å². The Morgan fingerprint density at radius 1 is 1.39 bits per heavy atom. The van der Waals surface area contributed by atoms with Gasteiger partial charge in [-0.15, -0.1) is 0 Å².